The molecule has 3 aromatic rings. The van der Waals surface area contributed by atoms with Crippen molar-refractivity contribution in [2.24, 2.45) is 10.7 Å². The number of benzene rings is 2. The zero-order valence-electron chi connectivity index (χ0n) is 17.6. The van der Waals surface area contributed by atoms with E-state index in [9.17, 15) is 9.18 Å². The van der Waals surface area contributed by atoms with Crippen LogP contribution in [-0.2, 0) is 12.0 Å². The van der Waals surface area contributed by atoms with Crippen LogP contribution in [0.25, 0.3) is 0 Å². The van der Waals surface area contributed by atoms with Crippen molar-refractivity contribution in [1.29, 1.82) is 0 Å². The van der Waals surface area contributed by atoms with Gasteiger partial charge in [-0.25, -0.2) is 9.38 Å². The quantitative estimate of drug-likeness (QED) is 0.519. The molecule has 1 aromatic heterocycles. The number of thioether (sulfide) groups is 1. The van der Waals surface area contributed by atoms with Crippen LogP contribution in [0.1, 0.15) is 33.6 Å². The van der Waals surface area contributed by atoms with Crippen LogP contribution in [0.5, 0.6) is 17.2 Å². The van der Waals surface area contributed by atoms with Gasteiger partial charge in [0, 0.05) is 35.6 Å². The first-order valence-electron chi connectivity index (χ1n) is 10.2. The summed E-state index contributed by atoms with van der Waals surface area (Å²) in [6.45, 7) is 0. The minimum absolute atomic E-state index is 0.112. The highest BCUT2D eigenvalue weighted by molar-refractivity contribution is 8.13. The second-order valence-corrected chi connectivity index (χ2v) is 9.34. The zero-order chi connectivity index (χ0) is 23.2. The molecule has 2 aliphatic heterocycles. The van der Waals surface area contributed by atoms with Crippen LogP contribution in [0.2, 0.25) is 5.02 Å². The Kier molecular flexibility index (Phi) is 5.50. The summed E-state index contributed by atoms with van der Waals surface area (Å²) in [7, 11) is 1.48. The summed E-state index contributed by atoms with van der Waals surface area (Å²) in [6.07, 6.45) is 2.16. The molecule has 6 nitrogen and oxygen atoms in total. The molecule has 0 aliphatic carbocycles. The van der Waals surface area contributed by atoms with Crippen LogP contribution in [-0.4, -0.2) is 28.8 Å². The number of aromatic nitrogens is 1. The van der Waals surface area contributed by atoms with Gasteiger partial charge in [0.25, 0.3) is 0 Å². The summed E-state index contributed by atoms with van der Waals surface area (Å²) in [5.41, 5.74) is 7.59. The van der Waals surface area contributed by atoms with Crippen LogP contribution >= 0.6 is 23.4 Å². The van der Waals surface area contributed by atoms with Gasteiger partial charge in [-0.1, -0.05) is 29.4 Å². The lowest BCUT2D eigenvalue weighted by Crippen LogP contribution is -2.36. The SMILES string of the molecule is COc1cc(F)c2c(c1)[C@]1(CCSC(N)=N1)c1cc(CC(=O)c3ccc(Cl)cn3)ccc1O2. The second-order valence-electron chi connectivity index (χ2n) is 7.79. The number of fused-ring (bicyclic) bond motifs is 4. The number of pyridine rings is 1. The maximum atomic E-state index is 15.0. The third-order valence-corrected chi connectivity index (χ3v) is 6.81. The summed E-state index contributed by atoms with van der Waals surface area (Å²) in [6, 6.07) is 11.7. The van der Waals surface area contributed by atoms with E-state index in [0.29, 0.717) is 45.1 Å². The van der Waals surface area contributed by atoms with Gasteiger partial charge in [-0.3, -0.25) is 9.78 Å². The van der Waals surface area contributed by atoms with Crippen molar-refractivity contribution in [1.82, 2.24) is 4.98 Å². The van der Waals surface area contributed by atoms with E-state index in [2.05, 4.69) is 4.98 Å². The lowest BCUT2D eigenvalue weighted by molar-refractivity contribution is 0.0988. The van der Waals surface area contributed by atoms with E-state index < -0.39 is 11.4 Å². The fourth-order valence-corrected chi connectivity index (χ4v) is 5.18. The van der Waals surface area contributed by atoms with Crippen molar-refractivity contribution in [2.75, 3.05) is 12.9 Å². The van der Waals surface area contributed by atoms with Gasteiger partial charge < -0.3 is 15.2 Å². The standard InChI is InChI=1S/C24H19ClFN3O3S/c1-31-15-10-17-22(18(26)11-15)32-21-5-2-13(9-20(30)19-4-3-14(25)12-28-19)8-16(21)24(17)6-7-33-23(27)29-24/h2-5,8,10-12H,6-7,9H2,1H3,(H2,27,29)/t24-/m0/s1. The Balaban J connectivity index is 1.61. The molecule has 1 atom stereocenters. The van der Waals surface area contributed by atoms with Gasteiger partial charge in [0.05, 0.1) is 12.1 Å². The van der Waals surface area contributed by atoms with E-state index in [4.69, 9.17) is 31.8 Å². The third-order valence-electron chi connectivity index (χ3n) is 5.79. The lowest BCUT2D eigenvalue weighted by Gasteiger charge is -2.39. The van der Waals surface area contributed by atoms with Gasteiger partial charge in [-0.05, 0) is 42.3 Å². The Morgan fingerprint density at radius 1 is 1.27 bits per heavy atom. The normalized spacial score (nSPS) is 18.7. The highest BCUT2D eigenvalue weighted by atomic mass is 35.5. The molecule has 0 saturated heterocycles. The average molecular weight is 484 g/mol. The number of carbonyl (C=O) groups excluding carboxylic acids is 1. The van der Waals surface area contributed by atoms with E-state index in [1.807, 2.05) is 6.07 Å². The molecule has 0 amide bonds. The van der Waals surface area contributed by atoms with Crippen molar-refractivity contribution in [3.63, 3.8) is 0 Å². The van der Waals surface area contributed by atoms with Crippen LogP contribution in [0, 0.1) is 5.82 Å². The number of amidine groups is 1. The summed E-state index contributed by atoms with van der Waals surface area (Å²) < 4.78 is 26.2. The molecule has 5 rings (SSSR count). The molecular weight excluding hydrogens is 465 g/mol. The Hall–Kier alpha value is -3.10. The van der Waals surface area contributed by atoms with E-state index in [1.165, 1.54) is 31.1 Å². The number of nitrogens with two attached hydrogens (primary N) is 1. The zero-order valence-corrected chi connectivity index (χ0v) is 19.2. The predicted molar refractivity (Wildman–Crippen MR) is 126 cm³/mol. The van der Waals surface area contributed by atoms with E-state index in [-0.39, 0.29) is 18.0 Å². The van der Waals surface area contributed by atoms with Crippen molar-refractivity contribution < 1.29 is 18.7 Å². The van der Waals surface area contributed by atoms with E-state index >= 15 is 0 Å². The maximum Gasteiger partial charge on any atom is 0.185 e. The fourth-order valence-electron chi connectivity index (χ4n) is 4.24. The van der Waals surface area contributed by atoms with Gasteiger partial charge >= 0.3 is 0 Å². The summed E-state index contributed by atoms with van der Waals surface area (Å²) in [4.78, 5) is 21.7. The van der Waals surface area contributed by atoms with Gasteiger partial charge in [0.15, 0.2) is 22.5 Å². The smallest absolute Gasteiger partial charge is 0.185 e. The molecule has 3 heterocycles. The molecule has 2 N–H and O–H groups in total. The molecule has 1 spiro atoms. The van der Waals surface area contributed by atoms with Gasteiger partial charge in [-0.15, -0.1) is 0 Å². The molecule has 168 valence electrons. The Bertz CT molecular complexity index is 1300. The number of rotatable bonds is 4. The summed E-state index contributed by atoms with van der Waals surface area (Å²) in [5.74, 6) is 0.981. The molecule has 0 bridgehead atoms. The number of carbonyl (C=O) groups is 1. The predicted octanol–water partition coefficient (Wildman–Crippen LogP) is 5.11. The molecule has 0 saturated carbocycles. The van der Waals surface area contributed by atoms with Crippen LogP contribution in [0.15, 0.2) is 53.7 Å². The molecule has 2 aliphatic rings. The van der Waals surface area contributed by atoms with Gasteiger partial charge in [0.1, 0.15) is 22.7 Å². The highest BCUT2D eigenvalue weighted by Gasteiger charge is 2.45. The average Bonchev–Trinajstić information content (AvgIpc) is 2.80. The van der Waals surface area contributed by atoms with E-state index in [0.717, 1.165) is 11.1 Å². The molecule has 0 unspecified atom stereocenters. The number of hydrogen-bond donors (Lipinski definition) is 1. The topological polar surface area (TPSA) is 86.8 Å². The van der Waals surface area contributed by atoms with Crippen molar-refractivity contribution in [3.05, 3.63) is 81.9 Å². The number of Topliss-reactive ketones (excluding diaryl/α,β-unsaturated/α-hetero) is 1. The van der Waals surface area contributed by atoms with Crippen molar-refractivity contribution in [3.8, 4) is 17.2 Å². The molecule has 0 fully saturated rings. The Labute approximate surface area is 199 Å². The summed E-state index contributed by atoms with van der Waals surface area (Å²) in [5, 5.41) is 0.876. The number of hydrogen-bond acceptors (Lipinski definition) is 7. The first kappa shape index (κ1) is 21.7. The van der Waals surface area contributed by atoms with E-state index in [1.54, 1.807) is 30.3 Å². The fraction of sp³-hybridized carbons (Fsp3) is 0.208. The largest absolute Gasteiger partial charge is 0.497 e. The number of aliphatic imine (C=N–C) groups is 1. The molecule has 9 heteroatoms. The number of ketones is 1. The first-order valence-corrected chi connectivity index (χ1v) is 11.6. The number of nitrogens with zero attached hydrogens (tertiary/aromatic N) is 2. The molecule has 33 heavy (non-hydrogen) atoms. The minimum atomic E-state index is -0.939. The molecule has 2 aromatic carbocycles. The number of methoxy groups -OCH3 is 1. The first-order chi connectivity index (χ1) is 15.9. The third kappa shape index (κ3) is 3.83. The van der Waals surface area contributed by atoms with Crippen LogP contribution in [0.3, 0.4) is 0 Å². The van der Waals surface area contributed by atoms with Crippen LogP contribution < -0.4 is 15.2 Å². The van der Waals surface area contributed by atoms with Gasteiger partial charge in [0.2, 0.25) is 0 Å². The lowest BCUT2D eigenvalue weighted by atomic mass is 9.77. The Morgan fingerprint density at radius 3 is 2.85 bits per heavy atom. The second kappa shape index (κ2) is 8.35. The summed E-state index contributed by atoms with van der Waals surface area (Å²) >= 11 is 7.33. The highest BCUT2D eigenvalue weighted by Crippen LogP contribution is 2.54. The molecule has 0 radical (unpaired) electrons. The maximum absolute atomic E-state index is 15.0. The monoisotopic (exact) mass is 483 g/mol. The van der Waals surface area contributed by atoms with Crippen LogP contribution in [0.4, 0.5) is 4.39 Å². The van der Waals surface area contributed by atoms with Gasteiger partial charge in [-0.2, -0.15) is 0 Å². The molecular formula is C24H19ClFN3O3S. The van der Waals surface area contributed by atoms with Crippen molar-refractivity contribution in [2.45, 2.75) is 18.4 Å². The van der Waals surface area contributed by atoms with Crippen molar-refractivity contribution >= 4 is 34.3 Å². The number of halogens is 2. The minimum Gasteiger partial charge on any atom is -0.497 e. The Morgan fingerprint density at radius 2 is 2.12 bits per heavy atom. The number of ether oxygens (including phenoxy) is 2.